The summed E-state index contributed by atoms with van der Waals surface area (Å²) in [6.45, 7) is 3.40. The van der Waals surface area contributed by atoms with E-state index in [4.69, 9.17) is 18.9 Å². The van der Waals surface area contributed by atoms with Gasteiger partial charge in [0.25, 0.3) is 5.91 Å². The Bertz CT molecular complexity index is 1000. The molecule has 0 aliphatic carbocycles. The number of anilines is 1. The van der Waals surface area contributed by atoms with Crippen LogP contribution in [0.5, 0.6) is 23.0 Å². The molecule has 2 N–H and O–H groups in total. The zero-order valence-electron chi connectivity index (χ0n) is 17.3. The number of carbonyl (C=O) groups is 2. The summed E-state index contributed by atoms with van der Waals surface area (Å²) in [6.07, 6.45) is 0.848. The molecule has 1 atom stereocenters. The molecule has 4 rings (SSSR count). The first kappa shape index (κ1) is 20.0. The van der Waals surface area contributed by atoms with E-state index in [1.54, 1.807) is 26.4 Å². The van der Waals surface area contributed by atoms with Crippen molar-refractivity contribution in [2.45, 2.75) is 19.9 Å². The highest BCUT2D eigenvalue weighted by Gasteiger charge is 2.25. The Labute approximate surface area is 174 Å². The van der Waals surface area contributed by atoms with Gasteiger partial charge in [0.05, 0.1) is 26.5 Å². The van der Waals surface area contributed by atoms with E-state index in [0.29, 0.717) is 41.6 Å². The number of quaternary nitrogens is 1. The van der Waals surface area contributed by atoms with Crippen molar-refractivity contribution in [3.8, 4) is 23.0 Å². The fraction of sp³-hybridized carbons (Fsp3) is 0.364. The highest BCUT2D eigenvalue weighted by atomic mass is 16.7. The summed E-state index contributed by atoms with van der Waals surface area (Å²) in [5.74, 6) is 2.14. The summed E-state index contributed by atoms with van der Waals surface area (Å²) >= 11 is 0. The van der Waals surface area contributed by atoms with Crippen LogP contribution in [-0.2, 0) is 17.8 Å². The van der Waals surface area contributed by atoms with Crippen molar-refractivity contribution in [3.05, 3.63) is 41.0 Å². The van der Waals surface area contributed by atoms with Crippen molar-refractivity contribution in [1.29, 1.82) is 0 Å². The lowest BCUT2D eigenvalue weighted by Crippen LogP contribution is -3.12. The molecule has 0 spiro atoms. The molecule has 2 heterocycles. The van der Waals surface area contributed by atoms with Crippen LogP contribution in [0.1, 0.15) is 28.4 Å². The molecule has 0 bridgehead atoms. The predicted molar refractivity (Wildman–Crippen MR) is 109 cm³/mol. The molecule has 1 amide bonds. The zero-order valence-corrected chi connectivity index (χ0v) is 17.3. The van der Waals surface area contributed by atoms with E-state index in [9.17, 15) is 9.59 Å². The molecule has 2 aromatic carbocycles. The number of ketones is 1. The molecule has 0 radical (unpaired) electrons. The Balaban J connectivity index is 1.46. The molecule has 0 aromatic heterocycles. The number of rotatable bonds is 6. The highest BCUT2D eigenvalue weighted by molar-refractivity contribution is 6.04. The smallest absolute Gasteiger partial charge is 0.279 e. The van der Waals surface area contributed by atoms with E-state index in [-0.39, 0.29) is 18.5 Å². The van der Waals surface area contributed by atoms with E-state index >= 15 is 0 Å². The minimum atomic E-state index is -0.157. The Kier molecular flexibility index (Phi) is 5.50. The van der Waals surface area contributed by atoms with Crippen molar-refractivity contribution in [1.82, 2.24) is 0 Å². The first-order chi connectivity index (χ1) is 14.5. The van der Waals surface area contributed by atoms with Crippen LogP contribution in [0, 0.1) is 0 Å². The Morgan fingerprint density at radius 1 is 1.03 bits per heavy atom. The van der Waals surface area contributed by atoms with Crippen molar-refractivity contribution in [3.63, 3.8) is 0 Å². The molecular formula is C22H25N2O6+. The minimum Gasteiger partial charge on any atom is -0.493 e. The van der Waals surface area contributed by atoms with E-state index in [1.807, 2.05) is 12.1 Å². The molecule has 8 nitrogen and oxygen atoms in total. The van der Waals surface area contributed by atoms with Crippen molar-refractivity contribution < 1.29 is 33.4 Å². The maximum absolute atomic E-state index is 12.7. The zero-order chi connectivity index (χ0) is 21.3. The maximum atomic E-state index is 12.7. The lowest BCUT2D eigenvalue weighted by atomic mass is 9.99. The topological polar surface area (TPSA) is 87.5 Å². The summed E-state index contributed by atoms with van der Waals surface area (Å²) in [6, 6.07) is 7.26. The van der Waals surface area contributed by atoms with Crippen molar-refractivity contribution in [2.24, 2.45) is 0 Å². The largest absolute Gasteiger partial charge is 0.493 e. The van der Waals surface area contributed by atoms with Crippen LogP contribution in [0.3, 0.4) is 0 Å². The molecule has 30 heavy (non-hydrogen) atoms. The number of nitrogens with one attached hydrogen (secondary N) is 2. The second-order valence-corrected chi connectivity index (χ2v) is 7.43. The fourth-order valence-corrected chi connectivity index (χ4v) is 3.94. The number of hydrogen-bond acceptors (Lipinski definition) is 6. The number of Topliss-reactive ketones (excluding diaryl/α,β-unsaturated/α-hetero) is 1. The van der Waals surface area contributed by atoms with Gasteiger partial charge in [0.1, 0.15) is 6.54 Å². The lowest BCUT2D eigenvalue weighted by Gasteiger charge is -2.26. The van der Waals surface area contributed by atoms with Crippen LogP contribution in [0.25, 0.3) is 0 Å². The average Bonchev–Trinajstić information content (AvgIpc) is 3.19. The van der Waals surface area contributed by atoms with Crippen molar-refractivity contribution in [2.75, 3.05) is 39.4 Å². The van der Waals surface area contributed by atoms with Crippen LogP contribution in [-0.4, -0.2) is 45.8 Å². The Morgan fingerprint density at radius 2 is 1.70 bits per heavy atom. The van der Waals surface area contributed by atoms with Gasteiger partial charge in [-0.3, -0.25) is 9.59 Å². The SMILES string of the molecule is COc1cc2c(cc1OC)C[NH+](CC(=O)Nc1cc3c(cc1C(C)=O)OCO3)CC2. The number of ether oxygens (including phenoxy) is 4. The van der Waals surface area contributed by atoms with Gasteiger partial charge in [0.2, 0.25) is 6.79 Å². The van der Waals surface area contributed by atoms with E-state index in [0.717, 1.165) is 29.2 Å². The molecule has 2 aliphatic rings. The van der Waals surface area contributed by atoms with E-state index < -0.39 is 0 Å². The number of fused-ring (bicyclic) bond motifs is 2. The number of hydrogen-bond donors (Lipinski definition) is 2. The summed E-state index contributed by atoms with van der Waals surface area (Å²) < 4.78 is 21.5. The third-order valence-electron chi connectivity index (χ3n) is 5.47. The highest BCUT2D eigenvalue weighted by Crippen LogP contribution is 2.37. The van der Waals surface area contributed by atoms with Gasteiger partial charge in [0.15, 0.2) is 35.3 Å². The molecule has 8 heteroatoms. The second-order valence-electron chi connectivity index (χ2n) is 7.43. The van der Waals surface area contributed by atoms with Gasteiger partial charge in [0, 0.05) is 23.6 Å². The minimum absolute atomic E-state index is 0.107. The van der Waals surface area contributed by atoms with E-state index in [2.05, 4.69) is 5.32 Å². The molecule has 2 aliphatic heterocycles. The third-order valence-corrected chi connectivity index (χ3v) is 5.47. The van der Waals surface area contributed by atoms with Gasteiger partial charge in [-0.25, -0.2) is 0 Å². The summed E-state index contributed by atoms with van der Waals surface area (Å²) in [4.78, 5) is 25.9. The number of methoxy groups -OCH3 is 2. The van der Waals surface area contributed by atoms with Gasteiger partial charge in [-0.2, -0.15) is 0 Å². The van der Waals surface area contributed by atoms with E-state index in [1.165, 1.54) is 12.5 Å². The number of benzene rings is 2. The summed E-state index contributed by atoms with van der Waals surface area (Å²) in [7, 11) is 3.24. The van der Waals surface area contributed by atoms with Gasteiger partial charge < -0.3 is 29.2 Å². The van der Waals surface area contributed by atoms with Gasteiger partial charge in [-0.15, -0.1) is 0 Å². The first-order valence-corrected chi connectivity index (χ1v) is 9.80. The van der Waals surface area contributed by atoms with Gasteiger partial charge >= 0.3 is 0 Å². The van der Waals surface area contributed by atoms with Crippen LogP contribution < -0.4 is 29.2 Å². The molecule has 2 aromatic rings. The molecular weight excluding hydrogens is 388 g/mol. The van der Waals surface area contributed by atoms with Crippen LogP contribution in [0.2, 0.25) is 0 Å². The normalized spacial score (nSPS) is 16.6. The van der Waals surface area contributed by atoms with Crippen LogP contribution in [0.15, 0.2) is 24.3 Å². The predicted octanol–water partition coefficient (Wildman–Crippen LogP) is 1.21. The molecule has 0 fully saturated rings. The van der Waals surface area contributed by atoms with Crippen molar-refractivity contribution >= 4 is 17.4 Å². The average molecular weight is 413 g/mol. The standard InChI is InChI=1S/C22H24N2O6/c1-13(25)16-8-20-21(30-12-29-20)9-17(16)23-22(26)11-24-5-4-14-6-18(27-2)19(28-3)7-15(14)10-24/h6-9H,4-5,10-12H2,1-3H3,(H,23,26)/p+1. The monoisotopic (exact) mass is 413 g/mol. The lowest BCUT2D eigenvalue weighted by molar-refractivity contribution is -0.907. The quantitative estimate of drug-likeness (QED) is 0.693. The maximum Gasteiger partial charge on any atom is 0.279 e. The van der Waals surface area contributed by atoms with Crippen LogP contribution >= 0.6 is 0 Å². The molecule has 1 unspecified atom stereocenters. The number of carbonyl (C=O) groups excluding carboxylic acids is 2. The number of amides is 1. The molecule has 0 saturated heterocycles. The summed E-state index contributed by atoms with van der Waals surface area (Å²) in [5.41, 5.74) is 3.21. The Morgan fingerprint density at radius 3 is 2.37 bits per heavy atom. The van der Waals surface area contributed by atoms with Gasteiger partial charge in [-0.1, -0.05) is 0 Å². The molecule has 158 valence electrons. The fourth-order valence-electron chi connectivity index (χ4n) is 3.94. The molecule has 0 saturated carbocycles. The van der Waals surface area contributed by atoms with Gasteiger partial charge in [-0.05, 0) is 30.7 Å². The summed E-state index contributed by atoms with van der Waals surface area (Å²) in [5, 5.41) is 2.87. The Hall–Kier alpha value is -3.26. The first-order valence-electron chi connectivity index (χ1n) is 9.80. The second kappa shape index (κ2) is 8.23. The van der Waals surface area contributed by atoms with Crippen LogP contribution in [0.4, 0.5) is 5.69 Å². The third kappa shape index (κ3) is 3.91.